The van der Waals surface area contributed by atoms with E-state index in [0.29, 0.717) is 12.0 Å². The molecule has 1 N–H and O–H groups in total. The number of aromatic amines is 1. The first-order valence-electron chi connectivity index (χ1n) is 8.48. The second kappa shape index (κ2) is 6.93. The number of nitrogens with zero attached hydrogens (tertiary/aromatic N) is 1. The summed E-state index contributed by atoms with van der Waals surface area (Å²) in [5, 5.41) is 0.975. The molecule has 3 aromatic rings. The minimum absolute atomic E-state index is 0.00182. The van der Waals surface area contributed by atoms with E-state index in [-0.39, 0.29) is 18.0 Å². The number of carbonyl (C=O) groups excluding carboxylic acids is 1. The number of pyridine rings is 1. The average molecular weight is 334 g/mol. The summed E-state index contributed by atoms with van der Waals surface area (Å²) >= 11 is 0. The number of aromatic nitrogens is 1. The van der Waals surface area contributed by atoms with E-state index >= 15 is 0 Å². The molecule has 0 fully saturated rings. The van der Waals surface area contributed by atoms with Crippen LogP contribution in [0.5, 0.6) is 0 Å². The molecule has 128 valence electrons. The first-order valence-corrected chi connectivity index (χ1v) is 8.48. The number of H-pyrrole nitrogens is 1. The lowest BCUT2D eigenvalue weighted by Crippen LogP contribution is -2.32. The van der Waals surface area contributed by atoms with Gasteiger partial charge in [-0.15, -0.1) is 0 Å². The van der Waals surface area contributed by atoms with Crippen LogP contribution in [0.1, 0.15) is 30.0 Å². The number of anilines is 1. The highest BCUT2D eigenvalue weighted by atomic mass is 16.2. The second-order valence-corrected chi connectivity index (χ2v) is 6.28. The van der Waals surface area contributed by atoms with Gasteiger partial charge in [-0.1, -0.05) is 43.3 Å². The molecule has 4 nitrogen and oxygen atoms in total. The third-order valence-corrected chi connectivity index (χ3v) is 4.50. The van der Waals surface area contributed by atoms with Crippen molar-refractivity contribution in [2.24, 2.45) is 0 Å². The number of hydrogen-bond donors (Lipinski definition) is 1. The fourth-order valence-electron chi connectivity index (χ4n) is 3.08. The maximum absolute atomic E-state index is 12.6. The van der Waals surface area contributed by atoms with Crippen LogP contribution in [0.3, 0.4) is 0 Å². The summed E-state index contributed by atoms with van der Waals surface area (Å²) in [6.07, 6.45) is 0.388. The summed E-state index contributed by atoms with van der Waals surface area (Å²) in [5.74, 6) is -0.00182. The molecule has 0 aliphatic rings. The number of hydrogen-bond acceptors (Lipinski definition) is 2. The van der Waals surface area contributed by atoms with Gasteiger partial charge in [-0.25, -0.2) is 0 Å². The Morgan fingerprint density at radius 1 is 1.04 bits per heavy atom. The fourth-order valence-corrected chi connectivity index (χ4v) is 3.08. The van der Waals surface area contributed by atoms with Crippen molar-refractivity contribution >= 4 is 22.5 Å². The van der Waals surface area contributed by atoms with E-state index in [1.165, 1.54) is 0 Å². The lowest BCUT2D eigenvalue weighted by atomic mass is 10.1. The SMILES string of the molecule is CCC(=O)N(Cc1cc2cccc(C)c2[nH]c1=O)c1ccccc1C. The van der Waals surface area contributed by atoms with Crippen LogP contribution < -0.4 is 10.5 Å². The number of rotatable bonds is 4. The number of carbonyl (C=O) groups is 1. The van der Waals surface area contributed by atoms with Crippen LogP contribution in [0.4, 0.5) is 5.69 Å². The predicted octanol–water partition coefficient (Wildman–Crippen LogP) is 4.09. The van der Waals surface area contributed by atoms with Gasteiger partial charge in [0.2, 0.25) is 5.91 Å². The van der Waals surface area contributed by atoms with Crippen molar-refractivity contribution in [3.8, 4) is 0 Å². The maximum Gasteiger partial charge on any atom is 0.253 e. The van der Waals surface area contributed by atoms with Gasteiger partial charge < -0.3 is 9.88 Å². The van der Waals surface area contributed by atoms with Crippen LogP contribution >= 0.6 is 0 Å². The summed E-state index contributed by atoms with van der Waals surface area (Å²) < 4.78 is 0. The van der Waals surface area contributed by atoms with Crippen molar-refractivity contribution < 1.29 is 4.79 Å². The number of amides is 1. The highest BCUT2D eigenvalue weighted by Gasteiger charge is 2.18. The molecule has 3 rings (SSSR count). The fraction of sp³-hybridized carbons (Fsp3) is 0.238. The van der Waals surface area contributed by atoms with Gasteiger partial charge in [0.1, 0.15) is 0 Å². The van der Waals surface area contributed by atoms with E-state index in [2.05, 4.69) is 4.98 Å². The molecule has 25 heavy (non-hydrogen) atoms. The highest BCUT2D eigenvalue weighted by molar-refractivity contribution is 5.94. The van der Waals surface area contributed by atoms with Crippen LogP contribution in [0.2, 0.25) is 0 Å². The Kier molecular flexibility index (Phi) is 4.70. The molecule has 0 saturated heterocycles. The van der Waals surface area contributed by atoms with E-state index < -0.39 is 0 Å². The minimum Gasteiger partial charge on any atom is -0.321 e. The van der Waals surface area contributed by atoms with Crippen molar-refractivity contribution in [1.82, 2.24) is 4.98 Å². The number of aryl methyl sites for hydroxylation is 2. The Labute approximate surface area is 147 Å². The monoisotopic (exact) mass is 334 g/mol. The highest BCUT2D eigenvalue weighted by Crippen LogP contribution is 2.23. The van der Waals surface area contributed by atoms with Crippen LogP contribution in [0.25, 0.3) is 10.9 Å². The molecule has 1 aromatic heterocycles. The van der Waals surface area contributed by atoms with Gasteiger partial charge in [0.05, 0.1) is 12.1 Å². The normalized spacial score (nSPS) is 10.8. The number of benzene rings is 2. The smallest absolute Gasteiger partial charge is 0.253 e. The molecule has 0 atom stereocenters. The van der Waals surface area contributed by atoms with Crippen molar-refractivity contribution in [1.29, 1.82) is 0 Å². The molecule has 1 heterocycles. The second-order valence-electron chi connectivity index (χ2n) is 6.28. The first-order chi connectivity index (χ1) is 12.0. The van der Waals surface area contributed by atoms with Crippen molar-refractivity contribution in [3.05, 3.63) is 75.6 Å². The van der Waals surface area contributed by atoms with Gasteiger partial charge >= 0.3 is 0 Å². The van der Waals surface area contributed by atoms with E-state index in [4.69, 9.17) is 0 Å². The molecule has 0 unspecified atom stereocenters. The molecular formula is C21H22N2O2. The molecule has 2 aromatic carbocycles. The summed E-state index contributed by atoms with van der Waals surface area (Å²) in [6.45, 7) is 6.04. The van der Waals surface area contributed by atoms with Crippen molar-refractivity contribution in [2.75, 3.05) is 4.90 Å². The maximum atomic E-state index is 12.6. The van der Waals surface area contributed by atoms with Gasteiger partial charge in [0.25, 0.3) is 5.56 Å². The zero-order chi connectivity index (χ0) is 18.0. The summed E-state index contributed by atoms with van der Waals surface area (Å²) in [4.78, 5) is 29.7. The predicted molar refractivity (Wildman–Crippen MR) is 102 cm³/mol. The third-order valence-electron chi connectivity index (χ3n) is 4.50. The molecule has 1 amide bonds. The van der Waals surface area contributed by atoms with Crippen molar-refractivity contribution in [3.63, 3.8) is 0 Å². The van der Waals surface area contributed by atoms with E-state index in [1.54, 1.807) is 4.90 Å². The molecule has 0 saturated carbocycles. The molecular weight excluding hydrogens is 312 g/mol. The standard InChI is InChI=1S/C21H22N2O2/c1-4-19(24)23(18-11-6-5-8-14(18)2)13-17-12-16-10-7-9-15(3)20(16)22-21(17)25/h5-12H,4,13H2,1-3H3,(H,22,25). The summed E-state index contributed by atoms with van der Waals surface area (Å²) in [6, 6.07) is 15.5. The third kappa shape index (κ3) is 3.33. The minimum atomic E-state index is -0.149. The Hall–Kier alpha value is -2.88. The zero-order valence-corrected chi connectivity index (χ0v) is 14.8. The van der Waals surface area contributed by atoms with Gasteiger partial charge in [0.15, 0.2) is 0 Å². The number of para-hydroxylation sites is 2. The molecule has 0 radical (unpaired) electrons. The van der Waals surface area contributed by atoms with E-state index in [1.807, 2.05) is 69.3 Å². The van der Waals surface area contributed by atoms with Crippen LogP contribution in [-0.4, -0.2) is 10.9 Å². The average Bonchev–Trinajstić information content (AvgIpc) is 2.61. The molecule has 0 spiro atoms. The molecule has 4 heteroatoms. The number of nitrogens with one attached hydrogen (secondary N) is 1. The molecule has 0 bridgehead atoms. The van der Waals surface area contributed by atoms with Crippen LogP contribution in [-0.2, 0) is 11.3 Å². The quantitative estimate of drug-likeness (QED) is 0.781. The summed E-state index contributed by atoms with van der Waals surface area (Å²) in [7, 11) is 0. The van der Waals surface area contributed by atoms with Gasteiger partial charge in [-0.2, -0.15) is 0 Å². The van der Waals surface area contributed by atoms with Gasteiger partial charge in [0, 0.05) is 17.7 Å². The zero-order valence-electron chi connectivity index (χ0n) is 14.8. The van der Waals surface area contributed by atoms with Gasteiger partial charge in [-0.05, 0) is 42.5 Å². The van der Waals surface area contributed by atoms with E-state index in [9.17, 15) is 9.59 Å². The molecule has 0 aliphatic heterocycles. The molecule has 0 aliphatic carbocycles. The summed E-state index contributed by atoms with van der Waals surface area (Å²) in [5.41, 5.74) is 4.17. The van der Waals surface area contributed by atoms with Crippen molar-refractivity contribution in [2.45, 2.75) is 33.7 Å². The Morgan fingerprint density at radius 3 is 2.48 bits per heavy atom. The lowest BCUT2D eigenvalue weighted by Gasteiger charge is -2.24. The van der Waals surface area contributed by atoms with Crippen LogP contribution in [0.15, 0.2) is 53.3 Å². The lowest BCUT2D eigenvalue weighted by molar-refractivity contribution is -0.118. The first kappa shape index (κ1) is 17.0. The van der Waals surface area contributed by atoms with Gasteiger partial charge in [-0.3, -0.25) is 9.59 Å². The Bertz CT molecular complexity index is 989. The Balaban J connectivity index is 2.07. The van der Waals surface area contributed by atoms with Crippen LogP contribution in [0, 0.1) is 13.8 Å². The number of fused-ring (bicyclic) bond motifs is 1. The largest absolute Gasteiger partial charge is 0.321 e. The Morgan fingerprint density at radius 2 is 1.76 bits per heavy atom. The topological polar surface area (TPSA) is 53.2 Å². The van der Waals surface area contributed by atoms with E-state index in [0.717, 1.165) is 27.7 Å².